The summed E-state index contributed by atoms with van der Waals surface area (Å²) in [5.41, 5.74) is 7.26. The van der Waals surface area contributed by atoms with Gasteiger partial charge in [-0.15, -0.1) is 0 Å². The van der Waals surface area contributed by atoms with Crippen LogP contribution in [0.3, 0.4) is 0 Å². The van der Waals surface area contributed by atoms with Crippen molar-refractivity contribution < 1.29 is 4.79 Å². The van der Waals surface area contributed by atoms with E-state index in [9.17, 15) is 4.79 Å². The van der Waals surface area contributed by atoms with Crippen LogP contribution < -0.4 is 5.73 Å². The summed E-state index contributed by atoms with van der Waals surface area (Å²) in [6, 6.07) is 8.28. The fourth-order valence-corrected chi connectivity index (χ4v) is 3.31. The smallest absolute Gasteiger partial charge is 0.222 e. The van der Waals surface area contributed by atoms with E-state index >= 15 is 0 Å². The highest BCUT2D eigenvalue weighted by atomic mass is 79.9. The molecule has 2 atom stereocenters. The first-order valence-electron chi connectivity index (χ1n) is 7.30. The van der Waals surface area contributed by atoms with E-state index < -0.39 is 0 Å². The van der Waals surface area contributed by atoms with Gasteiger partial charge >= 0.3 is 0 Å². The summed E-state index contributed by atoms with van der Waals surface area (Å²) in [5.74, 6) is 0.563. The van der Waals surface area contributed by atoms with Gasteiger partial charge in [0.05, 0.1) is 0 Å². The van der Waals surface area contributed by atoms with Crippen LogP contribution in [0.5, 0.6) is 0 Å². The van der Waals surface area contributed by atoms with Gasteiger partial charge in [0.2, 0.25) is 5.91 Å². The van der Waals surface area contributed by atoms with Crippen LogP contribution in [0.15, 0.2) is 28.7 Å². The van der Waals surface area contributed by atoms with Gasteiger partial charge in [-0.3, -0.25) is 4.79 Å². The zero-order chi connectivity index (χ0) is 14.5. The first kappa shape index (κ1) is 15.5. The van der Waals surface area contributed by atoms with Gasteiger partial charge in [0.1, 0.15) is 0 Å². The van der Waals surface area contributed by atoms with E-state index in [0.29, 0.717) is 18.9 Å². The third-order valence-electron chi connectivity index (χ3n) is 4.14. The van der Waals surface area contributed by atoms with E-state index in [1.165, 1.54) is 12.8 Å². The number of benzene rings is 1. The van der Waals surface area contributed by atoms with E-state index in [1.54, 1.807) is 0 Å². The lowest BCUT2D eigenvalue weighted by Crippen LogP contribution is -2.37. The average Bonchev–Trinajstić information content (AvgIpc) is 2.41. The molecule has 1 aromatic carbocycles. The predicted molar refractivity (Wildman–Crippen MR) is 85.2 cm³/mol. The molecule has 2 rings (SSSR count). The molecule has 0 bridgehead atoms. The van der Waals surface area contributed by atoms with Gasteiger partial charge in [-0.25, -0.2) is 0 Å². The molecule has 1 saturated carbocycles. The number of amides is 1. The van der Waals surface area contributed by atoms with Gasteiger partial charge in [-0.2, -0.15) is 0 Å². The van der Waals surface area contributed by atoms with Crippen molar-refractivity contribution in [3.05, 3.63) is 34.3 Å². The van der Waals surface area contributed by atoms with E-state index in [4.69, 9.17) is 5.73 Å². The van der Waals surface area contributed by atoms with Crippen molar-refractivity contribution in [2.75, 3.05) is 7.05 Å². The van der Waals surface area contributed by atoms with Crippen LogP contribution in [-0.4, -0.2) is 23.9 Å². The quantitative estimate of drug-likeness (QED) is 0.915. The Hall–Kier alpha value is -0.870. The standard InChI is InChI=1S/C16H23BrN2O/c1-19(11-12-5-4-7-14(17)9-12)16(20)10-13-6-2-3-8-15(13)18/h4-5,7,9,13,15H,2-3,6,8,10-11,18H2,1H3. The SMILES string of the molecule is CN(Cc1cccc(Br)c1)C(=O)CC1CCCCC1N. The second kappa shape index (κ2) is 7.23. The molecule has 1 aliphatic rings. The summed E-state index contributed by atoms with van der Waals surface area (Å²) in [5, 5.41) is 0. The molecule has 20 heavy (non-hydrogen) atoms. The minimum Gasteiger partial charge on any atom is -0.341 e. The predicted octanol–water partition coefficient (Wildman–Crippen LogP) is 3.32. The topological polar surface area (TPSA) is 46.3 Å². The molecular formula is C16H23BrN2O. The van der Waals surface area contributed by atoms with Gasteiger partial charge in [-0.1, -0.05) is 40.9 Å². The lowest BCUT2D eigenvalue weighted by atomic mass is 9.83. The monoisotopic (exact) mass is 338 g/mol. The number of nitrogens with two attached hydrogens (primary N) is 1. The van der Waals surface area contributed by atoms with Crippen molar-refractivity contribution in [3.8, 4) is 0 Å². The van der Waals surface area contributed by atoms with E-state index in [1.807, 2.05) is 30.1 Å². The maximum atomic E-state index is 12.3. The van der Waals surface area contributed by atoms with Crippen LogP contribution in [0.2, 0.25) is 0 Å². The van der Waals surface area contributed by atoms with Gasteiger partial charge in [-0.05, 0) is 36.5 Å². The maximum Gasteiger partial charge on any atom is 0.222 e. The molecule has 2 N–H and O–H groups in total. The molecule has 0 radical (unpaired) electrons. The Morgan fingerprint density at radius 3 is 2.85 bits per heavy atom. The molecular weight excluding hydrogens is 316 g/mol. The first-order valence-corrected chi connectivity index (χ1v) is 8.09. The lowest BCUT2D eigenvalue weighted by Gasteiger charge is -2.29. The second-order valence-electron chi connectivity index (χ2n) is 5.79. The lowest BCUT2D eigenvalue weighted by molar-refractivity contribution is -0.131. The van der Waals surface area contributed by atoms with Crippen LogP contribution in [0.25, 0.3) is 0 Å². The molecule has 3 nitrogen and oxygen atoms in total. The zero-order valence-electron chi connectivity index (χ0n) is 12.0. The number of rotatable bonds is 4. The summed E-state index contributed by atoms with van der Waals surface area (Å²) in [4.78, 5) is 14.1. The highest BCUT2D eigenvalue weighted by molar-refractivity contribution is 9.10. The van der Waals surface area contributed by atoms with Gasteiger partial charge < -0.3 is 10.6 Å². The third-order valence-corrected chi connectivity index (χ3v) is 4.63. The van der Waals surface area contributed by atoms with Gasteiger partial charge in [0.25, 0.3) is 0 Å². The second-order valence-corrected chi connectivity index (χ2v) is 6.71. The average molecular weight is 339 g/mol. The number of carbonyl (C=O) groups excluding carboxylic acids is 1. The normalized spacial score (nSPS) is 22.6. The highest BCUT2D eigenvalue weighted by Gasteiger charge is 2.25. The van der Waals surface area contributed by atoms with Crippen LogP contribution in [-0.2, 0) is 11.3 Å². The number of hydrogen-bond donors (Lipinski definition) is 1. The molecule has 0 aliphatic heterocycles. The summed E-state index contributed by atoms with van der Waals surface area (Å²) in [7, 11) is 1.87. The Morgan fingerprint density at radius 1 is 1.40 bits per heavy atom. The Bertz CT molecular complexity index is 464. The molecule has 0 saturated heterocycles. The Kier molecular flexibility index (Phi) is 5.61. The van der Waals surface area contributed by atoms with E-state index in [2.05, 4.69) is 22.0 Å². The van der Waals surface area contributed by atoms with Crippen molar-refractivity contribution in [3.63, 3.8) is 0 Å². The fraction of sp³-hybridized carbons (Fsp3) is 0.562. The summed E-state index contributed by atoms with van der Waals surface area (Å²) in [6.07, 6.45) is 5.16. The molecule has 2 unspecified atom stereocenters. The van der Waals surface area contributed by atoms with Crippen molar-refractivity contribution in [2.24, 2.45) is 11.7 Å². The van der Waals surface area contributed by atoms with Crippen LogP contribution >= 0.6 is 15.9 Å². The van der Waals surface area contributed by atoms with Crippen LogP contribution in [0, 0.1) is 5.92 Å². The number of halogens is 1. The molecule has 1 aromatic rings. The molecule has 1 aliphatic carbocycles. The maximum absolute atomic E-state index is 12.3. The Labute approximate surface area is 129 Å². The summed E-state index contributed by atoms with van der Waals surface area (Å²) >= 11 is 3.46. The number of nitrogens with zero attached hydrogens (tertiary/aromatic N) is 1. The molecule has 1 amide bonds. The zero-order valence-corrected chi connectivity index (χ0v) is 13.6. The molecule has 0 spiro atoms. The van der Waals surface area contributed by atoms with E-state index in [-0.39, 0.29) is 11.9 Å². The van der Waals surface area contributed by atoms with Crippen molar-refractivity contribution >= 4 is 21.8 Å². The van der Waals surface area contributed by atoms with Crippen molar-refractivity contribution in [1.82, 2.24) is 4.90 Å². The third kappa shape index (κ3) is 4.32. The van der Waals surface area contributed by atoms with Gasteiger partial charge in [0.15, 0.2) is 0 Å². The molecule has 110 valence electrons. The highest BCUT2D eigenvalue weighted by Crippen LogP contribution is 2.26. The van der Waals surface area contributed by atoms with Crippen LogP contribution in [0.4, 0.5) is 0 Å². The van der Waals surface area contributed by atoms with Gasteiger partial charge in [0, 0.05) is 30.5 Å². The van der Waals surface area contributed by atoms with Crippen molar-refractivity contribution in [2.45, 2.75) is 44.7 Å². The van der Waals surface area contributed by atoms with Crippen LogP contribution in [0.1, 0.15) is 37.7 Å². The molecule has 4 heteroatoms. The molecule has 0 heterocycles. The molecule has 1 fully saturated rings. The minimum absolute atomic E-state index is 0.201. The molecule has 0 aromatic heterocycles. The van der Waals surface area contributed by atoms with Crippen molar-refractivity contribution in [1.29, 1.82) is 0 Å². The summed E-state index contributed by atoms with van der Waals surface area (Å²) in [6.45, 7) is 0.653. The first-order chi connectivity index (χ1) is 9.56. The number of carbonyl (C=O) groups is 1. The fourth-order valence-electron chi connectivity index (χ4n) is 2.87. The van der Waals surface area contributed by atoms with E-state index in [0.717, 1.165) is 22.9 Å². The summed E-state index contributed by atoms with van der Waals surface area (Å²) < 4.78 is 1.05. The Morgan fingerprint density at radius 2 is 2.15 bits per heavy atom. The Balaban J connectivity index is 1.88. The largest absolute Gasteiger partial charge is 0.341 e. The minimum atomic E-state index is 0.201. The number of hydrogen-bond acceptors (Lipinski definition) is 2.